The maximum Gasteiger partial charge on any atom is 0.135 e. The van der Waals surface area contributed by atoms with Crippen LogP contribution in [-0.4, -0.2) is 0 Å². The van der Waals surface area contributed by atoms with Crippen LogP contribution in [0.1, 0.15) is 0 Å². The molecule has 262 valence electrons. The minimum absolute atomic E-state index is 0.887. The molecule has 0 radical (unpaired) electrons. The van der Waals surface area contributed by atoms with Gasteiger partial charge in [0.15, 0.2) is 0 Å². The maximum absolute atomic E-state index is 6.24. The highest BCUT2D eigenvalue weighted by atomic mass is 16.3. The van der Waals surface area contributed by atoms with E-state index in [1.165, 1.54) is 65.7 Å². The monoisotopic (exact) mass is 713 g/mol. The quantitative estimate of drug-likeness (QED) is 0.160. The first-order chi connectivity index (χ1) is 27.8. The zero-order valence-corrected chi connectivity index (χ0v) is 30.6. The summed E-state index contributed by atoms with van der Waals surface area (Å²) >= 11 is 0. The van der Waals surface area contributed by atoms with E-state index >= 15 is 0 Å². The minimum atomic E-state index is 0.887. The van der Waals surface area contributed by atoms with Gasteiger partial charge in [0.1, 0.15) is 11.2 Å². The zero-order valence-electron chi connectivity index (χ0n) is 30.6. The summed E-state index contributed by atoms with van der Waals surface area (Å²) in [5.74, 6) is 0. The molecule has 1 aromatic heterocycles. The summed E-state index contributed by atoms with van der Waals surface area (Å²) in [6, 6.07) is 76.6. The fourth-order valence-corrected chi connectivity index (χ4v) is 8.67. The van der Waals surface area contributed by atoms with E-state index < -0.39 is 0 Å². The Kier molecular flexibility index (Phi) is 7.53. The van der Waals surface area contributed by atoms with E-state index in [2.05, 4.69) is 205 Å². The fourth-order valence-electron chi connectivity index (χ4n) is 8.67. The van der Waals surface area contributed by atoms with Crippen LogP contribution >= 0.6 is 0 Å². The second kappa shape index (κ2) is 13.2. The number of furan rings is 1. The molecule has 2 heteroatoms. The van der Waals surface area contributed by atoms with Gasteiger partial charge < -0.3 is 9.32 Å². The van der Waals surface area contributed by atoms with E-state index in [1.54, 1.807) is 0 Å². The fraction of sp³-hybridized carbons (Fsp3) is 0. The summed E-state index contributed by atoms with van der Waals surface area (Å²) < 4.78 is 6.24. The molecule has 0 aliphatic heterocycles. The smallest absolute Gasteiger partial charge is 0.135 e. The number of nitrogens with zero attached hydrogens (tertiary/aromatic N) is 1. The number of anilines is 3. The molecule has 0 unspecified atom stereocenters. The highest BCUT2D eigenvalue weighted by Gasteiger charge is 2.20. The summed E-state index contributed by atoms with van der Waals surface area (Å²) in [6.07, 6.45) is 0. The average Bonchev–Trinajstić information content (AvgIpc) is 3.65. The van der Waals surface area contributed by atoms with Crippen LogP contribution in [0, 0.1) is 0 Å². The third-order valence-corrected chi connectivity index (χ3v) is 11.2. The van der Waals surface area contributed by atoms with E-state index in [-0.39, 0.29) is 0 Å². The van der Waals surface area contributed by atoms with Crippen LogP contribution < -0.4 is 4.90 Å². The minimum Gasteiger partial charge on any atom is -0.456 e. The van der Waals surface area contributed by atoms with Crippen LogP contribution in [0.3, 0.4) is 0 Å². The molecule has 0 amide bonds. The summed E-state index contributed by atoms with van der Waals surface area (Å²) in [4.78, 5) is 2.37. The molecular weight excluding hydrogens is 679 g/mol. The lowest BCUT2D eigenvalue weighted by atomic mass is 9.84. The van der Waals surface area contributed by atoms with Crippen molar-refractivity contribution in [2.45, 2.75) is 0 Å². The van der Waals surface area contributed by atoms with Crippen molar-refractivity contribution in [2.75, 3.05) is 4.90 Å². The van der Waals surface area contributed by atoms with Crippen molar-refractivity contribution in [2.24, 2.45) is 0 Å². The van der Waals surface area contributed by atoms with Crippen LogP contribution in [0.15, 0.2) is 217 Å². The topological polar surface area (TPSA) is 16.4 Å². The number of benzene rings is 10. The molecule has 0 aliphatic rings. The Morgan fingerprint density at radius 1 is 0.286 bits per heavy atom. The molecule has 1 heterocycles. The van der Waals surface area contributed by atoms with Crippen molar-refractivity contribution in [3.63, 3.8) is 0 Å². The second-order valence-electron chi connectivity index (χ2n) is 14.4. The van der Waals surface area contributed by atoms with Gasteiger partial charge in [0.25, 0.3) is 0 Å². The molecule has 0 spiro atoms. The Morgan fingerprint density at radius 2 is 0.839 bits per heavy atom. The SMILES string of the molecule is c1ccc(-c2c(-c3ccccc3)c3cc(-c4ccc(N(c5ccc6oc7ccccc7c6c5)c5cccc6ccccc56)cc4)ccc3c3ccccc23)cc1. The molecule has 0 saturated heterocycles. The van der Waals surface area contributed by atoms with Gasteiger partial charge in [-0.3, -0.25) is 0 Å². The van der Waals surface area contributed by atoms with Gasteiger partial charge in [-0.05, 0) is 109 Å². The molecule has 56 heavy (non-hydrogen) atoms. The van der Waals surface area contributed by atoms with E-state index in [0.29, 0.717) is 0 Å². The number of hydrogen-bond acceptors (Lipinski definition) is 2. The Balaban J connectivity index is 1.09. The van der Waals surface area contributed by atoms with Gasteiger partial charge in [0.05, 0.1) is 5.69 Å². The molecule has 0 atom stereocenters. The summed E-state index contributed by atoms with van der Waals surface area (Å²) in [6.45, 7) is 0. The van der Waals surface area contributed by atoms with Crippen LogP contribution in [0.4, 0.5) is 17.1 Å². The van der Waals surface area contributed by atoms with E-state index in [4.69, 9.17) is 4.42 Å². The highest BCUT2D eigenvalue weighted by Crippen LogP contribution is 2.46. The van der Waals surface area contributed by atoms with Crippen molar-refractivity contribution >= 4 is 71.3 Å². The number of para-hydroxylation sites is 1. The molecule has 11 aromatic rings. The first-order valence-corrected chi connectivity index (χ1v) is 19.2. The molecule has 0 bridgehead atoms. The molecule has 10 aromatic carbocycles. The van der Waals surface area contributed by atoms with E-state index in [1.807, 2.05) is 12.1 Å². The van der Waals surface area contributed by atoms with Gasteiger partial charge >= 0.3 is 0 Å². The van der Waals surface area contributed by atoms with Crippen LogP contribution in [0.2, 0.25) is 0 Å². The van der Waals surface area contributed by atoms with Gasteiger partial charge in [-0.25, -0.2) is 0 Å². The lowest BCUT2D eigenvalue weighted by Crippen LogP contribution is -2.10. The number of hydrogen-bond donors (Lipinski definition) is 0. The van der Waals surface area contributed by atoms with Crippen molar-refractivity contribution in [3.8, 4) is 33.4 Å². The summed E-state index contributed by atoms with van der Waals surface area (Å²) in [7, 11) is 0. The molecule has 0 N–H and O–H groups in total. The first kappa shape index (κ1) is 32.0. The Morgan fingerprint density at radius 3 is 1.61 bits per heavy atom. The Labute approximate surface area is 325 Å². The lowest BCUT2D eigenvalue weighted by Gasteiger charge is -2.27. The molecule has 2 nitrogen and oxygen atoms in total. The Bertz CT molecular complexity index is 3230. The zero-order chi connectivity index (χ0) is 37.0. The van der Waals surface area contributed by atoms with Crippen molar-refractivity contribution in [1.82, 2.24) is 0 Å². The van der Waals surface area contributed by atoms with Gasteiger partial charge in [-0.15, -0.1) is 0 Å². The standard InChI is InChI=1S/C54H35NO/c1-3-15-38(16-4-1)53-47-23-10-9-21-44(47)45-32-28-40(34-49(45)54(53)39-17-5-2-6-18-39)36-26-29-41(30-27-36)55(50-24-13-19-37-14-7-8-20-43(37)50)42-31-33-52-48(35-42)46-22-11-12-25-51(46)56-52/h1-35H. The average molecular weight is 714 g/mol. The molecule has 0 aliphatic carbocycles. The predicted octanol–water partition coefficient (Wildman–Crippen LogP) is 15.5. The van der Waals surface area contributed by atoms with Crippen molar-refractivity contribution in [1.29, 1.82) is 0 Å². The third-order valence-electron chi connectivity index (χ3n) is 11.2. The molecule has 11 rings (SSSR count). The first-order valence-electron chi connectivity index (χ1n) is 19.2. The van der Waals surface area contributed by atoms with Crippen molar-refractivity contribution < 1.29 is 4.42 Å². The Hall–Kier alpha value is -7.42. The molecule has 0 saturated carbocycles. The third kappa shape index (κ3) is 5.26. The normalized spacial score (nSPS) is 11.6. The van der Waals surface area contributed by atoms with Crippen LogP contribution in [0.5, 0.6) is 0 Å². The van der Waals surface area contributed by atoms with Crippen LogP contribution in [-0.2, 0) is 0 Å². The van der Waals surface area contributed by atoms with E-state index in [9.17, 15) is 0 Å². The van der Waals surface area contributed by atoms with Gasteiger partial charge in [-0.1, -0.05) is 164 Å². The largest absolute Gasteiger partial charge is 0.456 e. The second-order valence-corrected chi connectivity index (χ2v) is 14.4. The number of fused-ring (bicyclic) bond motifs is 7. The highest BCUT2D eigenvalue weighted by molar-refractivity contribution is 6.22. The molecule has 0 fully saturated rings. The predicted molar refractivity (Wildman–Crippen MR) is 237 cm³/mol. The number of rotatable bonds is 6. The van der Waals surface area contributed by atoms with Gasteiger partial charge in [0.2, 0.25) is 0 Å². The lowest BCUT2D eigenvalue weighted by molar-refractivity contribution is 0.669. The van der Waals surface area contributed by atoms with Gasteiger partial charge in [-0.2, -0.15) is 0 Å². The van der Waals surface area contributed by atoms with Crippen molar-refractivity contribution in [3.05, 3.63) is 212 Å². The van der Waals surface area contributed by atoms with Gasteiger partial charge in [0, 0.05) is 27.5 Å². The summed E-state index contributed by atoms with van der Waals surface area (Å²) in [5, 5.41) is 9.64. The summed E-state index contributed by atoms with van der Waals surface area (Å²) in [5.41, 5.74) is 12.4. The molecular formula is C54H35NO. The van der Waals surface area contributed by atoms with Crippen LogP contribution in [0.25, 0.3) is 87.6 Å². The van der Waals surface area contributed by atoms with E-state index in [0.717, 1.165) is 39.0 Å². The maximum atomic E-state index is 6.24.